The van der Waals surface area contributed by atoms with Crippen molar-refractivity contribution in [1.82, 2.24) is 24.7 Å². The summed E-state index contributed by atoms with van der Waals surface area (Å²) in [5.74, 6) is 2.86. The molecule has 3 rings (SSSR count). The van der Waals surface area contributed by atoms with Crippen LogP contribution < -0.4 is 10.2 Å². The highest BCUT2D eigenvalue weighted by Gasteiger charge is 2.21. The van der Waals surface area contributed by atoms with Crippen molar-refractivity contribution in [3.63, 3.8) is 0 Å². The summed E-state index contributed by atoms with van der Waals surface area (Å²) in [5, 5.41) is 11.3. The van der Waals surface area contributed by atoms with Crippen LogP contribution in [0.4, 0.5) is 11.6 Å². The summed E-state index contributed by atoms with van der Waals surface area (Å²) in [5.41, 5.74) is 1.08. The van der Waals surface area contributed by atoms with Gasteiger partial charge in [-0.2, -0.15) is 0 Å². The lowest BCUT2D eigenvalue weighted by molar-refractivity contribution is 0.555. The molecule has 19 heavy (non-hydrogen) atoms. The van der Waals surface area contributed by atoms with Gasteiger partial charge in [0.05, 0.1) is 6.54 Å². The first-order chi connectivity index (χ1) is 9.29. The van der Waals surface area contributed by atoms with E-state index in [9.17, 15) is 0 Å². The van der Waals surface area contributed by atoms with Gasteiger partial charge in [0.1, 0.15) is 24.3 Å². The van der Waals surface area contributed by atoms with E-state index < -0.39 is 0 Å². The lowest BCUT2D eigenvalue weighted by atomic mass is 10.2. The molecular weight excluding hydrogens is 242 g/mol. The Morgan fingerprint density at radius 1 is 1.32 bits per heavy atom. The van der Waals surface area contributed by atoms with Crippen molar-refractivity contribution in [2.24, 2.45) is 0 Å². The molecule has 0 aliphatic carbocycles. The largest absolute Gasteiger partial charge is 0.370 e. The van der Waals surface area contributed by atoms with Gasteiger partial charge in [0.25, 0.3) is 0 Å². The fraction of sp³-hybridized carbons (Fsp3) is 0.500. The lowest BCUT2D eigenvalue weighted by Crippen LogP contribution is -2.34. The predicted molar refractivity (Wildman–Crippen MR) is 72.0 cm³/mol. The topological polar surface area (TPSA) is 71.8 Å². The summed E-state index contributed by atoms with van der Waals surface area (Å²) in [4.78, 5) is 10.9. The number of anilines is 2. The first kappa shape index (κ1) is 11.9. The average Bonchev–Trinajstić information content (AvgIpc) is 2.88. The third-order valence-corrected chi connectivity index (χ3v) is 3.34. The van der Waals surface area contributed by atoms with E-state index in [1.165, 1.54) is 0 Å². The molecule has 0 spiro atoms. The fourth-order valence-electron chi connectivity index (χ4n) is 2.35. The molecule has 7 heteroatoms. The van der Waals surface area contributed by atoms with Gasteiger partial charge in [0, 0.05) is 25.2 Å². The average molecular weight is 259 g/mol. The molecule has 0 saturated heterocycles. The van der Waals surface area contributed by atoms with Gasteiger partial charge in [-0.25, -0.2) is 9.97 Å². The molecule has 1 N–H and O–H groups in total. The Balaban J connectivity index is 1.89. The van der Waals surface area contributed by atoms with E-state index in [4.69, 9.17) is 0 Å². The van der Waals surface area contributed by atoms with Gasteiger partial charge in [0.15, 0.2) is 5.82 Å². The van der Waals surface area contributed by atoms with E-state index in [1.807, 2.05) is 6.92 Å². The van der Waals surface area contributed by atoms with Crippen molar-refractivity contribution in [2.45, 2.75) is 26.9 Å². The van der Waals surface area contributed by atoms with E-state index in [0.717, 1.165) is 49.2 Å². The zero-order chi connectivity index (χ0) is 13.2. The molecule has 0 unspecified atom stereocenters. The Kier molecular flexibility index (Phi) is 3.02. The third-order valence-electron chi connectivity index (χ3n) is 3.34. The Labute approximate surface area is 111 Å². The van der Waals surface area contributed by atoms with Crippen molar-refractivity contribution >= 4 is 11.6 Å². The highest BCUT2D eigenvalue weighted by Crippen LogP contribution is 2.24. The molecule has 0 fully saturated rings. The van der Waals surface area contributed by atoms with Crippen LogP contribution in [0.3, 0.4) is 0 Å². The van der Waals surface area contributed by atoms with Crippen LogP contribution in [0.2, 0.25) is 0 Å². The summed E-state index contributed by atoms with van der Waals surface area (Å²) >= 11 is 0. The van der Waals surface area contributed by atoms with E-state index >= 15 is 0 Å². The van der Waals surface area contributed by atoms with Crippen molar-refractivity contribution < 1.29 is 0 Å². The van der Waals surface area contributed by atoms with E-state index in [2.05, 4.69) is 41.9 Å². The summed E-state index contributed by atoms with van der Waals surface area (Å²) in [6.07, 6.45) is 3.39. The maximum atomic E-state index is 4.42. The molecule has 1 aliphatic rings. The minimum Gasteiger partial charge on any atom is -0.370 e. The standard InChI is InChI=1S/C12H17N7/c1-3-13-11-9(2)12(15-7-14-11)18-4-5-19-8-16-17-10(19)6-18/h7-8H,3-6H2,1-2H3,(H,13,14,15). The number of fused-ring (bicyclic) bond motifs is 1. The molecule has 2 aromatic rings. The van der Waals surface area contributed by atoms with Crippen LogP contribution in [0.1, 0.15) is 18.3 Å². The van der Waals surface area contributed by atoms with E-state index in [0.29, 0.717) is 0 Å². The van der Waals surface area contributed by atoms with Gasteiger partial charge >= 0.3 is 0 Å². The van der Waals surface area contributed by atoms with Gasteiger partial charge in [-0.1, -0.05) is 0 Å². The molecule has 0 aromatic carbocycles. The molecule has 3 heterocycles. The van der Waals surface area contributed by atoms with Crippen LogP contribution in [0.5, 0.6) is 0 Å². The highest BCUT2D eigenvalue weighted by atomic mass is 15.3. The second-order valence-corrected chi connectivity index (χ2v) is 4.56. The lowest BCUT2D eigenvalue weighted by Gasteiger charge is -2.29. The Hall–Kier alpha value is -2.18. The fourth-order valence-corrected chi connectivity index (χ4v) is 2.35. The number of aromatic nitrogens is 5. The minimum atomic E-state index is 0.740. The zero-order valence-electron chi connectivity index (χ0n) is 11.2. The van der Waals surface area contributed by atoms with Gasteiger partial charge in [-0.05, 0) is 13.8 Å². The normalized spacial score (nSPS) is 14.3. The second kappa shape index (κ2) is 4.83. The van der Waals surface area contributed by atoms with Gasteiger partial charge in [-0.15, -0.1) is 10.2 Å². The molecule has 100 valence electrons. The van der Waals surface area contributed by atoms with Gasteiger partial charge in [-0.3, -0.25) is 0 Å². The third kappa shape index (κ3) is 2.11. The van der Waals surface area contributed by atoms with Crippen LogP contribution in [-0.4, -0.2) is 37.8 Å². The number of hydrogen-bond donors (Lipinski definition) is 1. The summed E-state index contributed by atoms with van der Waals surface area (Å²) in [7, 11) is 0. The highest BCUT2D eigenvalue weighted by molar-refractivity contribution is 5.58. The number of nitrogens with zero attached hydrogens (tertiary/aromatic N) is 6. The number of hydrogen-bond acceptors (Lipinski definition) is 6. The smallest absolute Gasteiger partial charge is 0.152 e. The first-order valence-corrected chi connectivity index (χ1v) is 6.46. The second-order valence-electron chi connectivity index (χ2n) is 4.56. The molecule has 0 saturated carbocycles. The van der Waals surface area contributed by atoms with E-state index in [1.54, 1.807) is 12.7 Å². The molecule has 0 bridgehead atoms. The van der Waals surface area contributed by atoms with Crippen LogP contribution >= 0.6 is 0 Å². The van der Waals surface area contributed by atoms with Crippen molar-refractivity contribution in [3.8, 4) is 0 Å². The van der Waals surface area contributed by atoms with Crippen molar-refractivity contribution in [1.29, 1.82) is 0 Å². The molecular formula is C12H17N7. The first-order valence-electron chi connectivity index (χ1n) is 6.46. The maximum Gasteiger partial charge on any atom is 0.152 e. The van der Waals surface area contributed by atoms with Crippen LogP contribution in [0.15, 0.2) is 12.7 Å². The zero-order valence-corrected chi connectivity index (χ0v) is 11.2. The maximum absolute atomic E-state index is 4.42. The molecule has 0 radical (unpaired) electrons. The van der Waals surface area contributed by atoms with Crippen LogP contribution in [-0.2, 0) is 13.1 Å². The van der Waals surface area contributed by atoms with Gasteiger partial charge < -0.3 is 14.8 Å². The SMILES string of the molecule is CCNc1ncnc(N2CCn3cnnc3C2)c1C. The Morgan fingerprint density at radius 2 is 2.21 bits per heavy atom. The molecule has 2 aromatic heterocycles. The predicted octanol–water partition coefficient (Wildman–Crippen LogP) is 0.829. The molecule has 0 amide bonds. The number of rotatable bonds is 3. The van der Waals surface area contributed by atoms with Gasteiger partial charge in [0.2, 0.25) is 0 Å². The molecule has 1 aliphatic heterocycles. The van der Waals surface area contributed by atoms with Crippen molar-refractivity contribution in [2.75, 3.05) is 23.3 Å². The summed E-state index contributed by atoms with van der Waals surface area (Å²) in [6.45, 7) is 7.50. The van der Waals surface area contributed by atoms with Crippen LogP contribution in [0.25, 0.3) is 0 Å². The Bertz CT molecular complexity index is 577. The number of nitrogens with one attached hydrogen (secondary N) is 1. The van der Waals surface area contributed by atoms with Crippen LogP contribution in [0, 0.1) is 6.92 Å². The summed E-state index contributed by atoms with van der Waals surface area (Å²) < 4.78 is 2.08. The quantitative estimate of drug-likeness (QED) is 0.880. The molecule has 0 atom stereocenters. The molecule has 7 nitrogen and oxygen atoms in total. The monoisotopic (exact) mass is 259 g/mol. The minimum absolute atomic E-state index is 0.740. The summed E-state index contributed by atoms with van der Waals surface area (Å²) in [6, 6.07) is 0. The van der Waals surface area contributed by atoms with Crippen molar-refractivity contribution in [3.05, 3.63) is 24.0 Å². The van der Waals surface area contributed by atoms with E-state index in [-0.39, 0.29) is 0 Å². The Morgan fingerprint density at radius 3 is 3.05 bits per heavy atom.